The van der Waals surface area contributed by atoms with E-state index in [1.165, 1.54) is 24.4 Å². The number of nitrogens with zero attached hydrogens (tertiary/aromatic N) is 3. The molecule has 0 spiro atoms. The van der Waals surface area contributed by atoms with E-state index >= 15 is 0 Å². The van der Waals surface area contributed by atoms with Gasteiger partial charge in [0.25, 0.3) is 11.5 Å². The molecule has 2 aromatic heterocycles. The van der Waals surface area contributed by atoms with E-state index < -0.39 is 49.8 Å². The second-order valence-electron chi connectivity index (χ2n) is 7.14. The van der Waals surface area contributed by atoms with E-state index in [0.717, 1.165) is 16.8 Å². The van der Waals surface area contributed by atoms with Crippen LogP contribution in [-0.4, -0.2) is 39.0 Å². The summed E-state index contributed by atoms with van der Waals surface area (Å²) in [4.78, 5) is 25.5. The Morgan fingerprint density at radius 3 is 2.61 bits per heavy atom. The van der Waals surface area contributed by atoms with Crippen molar-refractivity contribution >= 4 is 43.2 Å². The number of alkyl halides is 2. The number of nitrogens with one attached hydrogen (secondary N) is 1. The van der Waals surface area contributed by atoms with Gasteiger partial charge in [0.15, 0.2) is 0 Å². The molecule has 1 aliphatic rings. The zero-order chi connectivity index (χ0) is 22.3. The fourth-order valence-corrected chi connectivity index (χ4v) is 5.17. The Bertz CT molecular complexity index is 1640. The van der Waals surface area contributed by atoms with E-state index in [2.05, 4.69) is 10.1 Å². The first-order valence-corrected chi connectivity index (χ1v) is 10.7. The summed E-state index contributed by atoms with van der Waals surface area (Å²) < 4.78 is 54.6. The smallest absolute Gasteiger partial charge is 0.362 e. The van der Waals surface area contributed by atoms with E-state index in [0.29, 0.717) is 5.39 Å². The third kappa shape index (κ3) is 2.78. The van der Waals surface area contributed by atoms with Crippen LogP contribution in [0.5, 0.6) is 0 Å². The molecular weight excluding hydrogens is 458 g/mol. The summed E-state index contributed by atoms with van der Waals surface area (Å²) in [5, 5.41) is 13.4. The van der Waals surface area contributed by atoms with Gasteiger partial charge in [0.2, 0.25) is 9.84 Å². The van der Waals surface area contributed by atoms with Crippen LogP contribution < -0.4 is 11.2 Å². The van der Waals surface area contributed by atoms with Crippen molar-refractivity contribution in [1.29, 1.82) is 0 Å². The number of halogens is 3. The largest absolute Gasteiger partial charge is 0.421 e. The number of sulfone groups is 1. The minimum Gasteiger partial charge on any atom is -0.421 e. The summed E-state index contributed by atoms with van der Waals surface area (Å²) in [7, 11) is -4.34. The number of H-pyrrole nitrogens is 1. The van der Waals surface area contributed by atoms with E-state index in [4.69, 9.17) is 11.6 Å². The Hall–Kier alpha value is -3.25. The third-order valence-corrected chi connectivity index (χ3v) is 7.31. The van der Waals surface area contributed by atoms with Crippen LogP contribution >= 0.6 is 11.6 Å². The molecule has 13 heteroatoms. The molecule has 5 rings (SSSR count). The van der Waals surface area contributed by atoms with Crippen molar-refractivity contribution in [3.05, 3.63) is 62.4 Å². The summed E-state index contributed by atoms with van der Waals surface area (Å²) in [5.41, 5.74) is -2.62. The predicted molar refractivity (Wildman–Crippen MR) is 105 cm³/mol. The fraction of sp³-hybridized carbons (Fsp3) is 0.167. The lowest BCUT2D eigenvalue weighted by Crippen LogP contribution is -2.33. The summed E-state index contributed by atoms with van der Waals surface area (Å²) >= 11 is 5.98. The number of aromatic amines is 1. The lowest BCUT2D eigenvalue weighted by molar-refractivity contribution is 0.0992. The average molecular weight is 469 g/mol. The Kier molecular flexibility index (Phi) is 3.90. The van der Waals surface area contributed by atoms with Crippen LogP contribution in [0, 0.1) is 0 Å². The molecule has 9 nitrogen and oxygen atoms in total. The van der Waals surface area contributed by atoms with Crippen LogP contribution in [-0.2, 0) is 9.84 Å². The molecule has 2 N–H and O–H groups in total. The molecule has 1 aliphatic carbocycles. The van der Waals surface area contributed by atoms with E-state index in [1.807, 2.05) is 0 Å². The van der Waals surface area contributed by atoms with Crippen molar-refractivity contribution in [2.75, 3.05) is 0 Å². The van der Waals surface area contributed by atoms with Crippen LogP contribution in [0.4, 0.5) is 8.78 Å². The molecule has 1 atom stereocenters. The highest BCUT2D eigenvalue weighted by Gasteiger charge is 2.59. The molecule has 0 unspecified atom stereocenters. The Morgan fingerprint density at radius 2 is 1.94 bits per heavy atom. The van der Waals surface area contributed by atoms with Gasteiger partial charge in [-0.05, 0) is 30.3 Å². The molecule has 31 heavy (non-hydrogen) atoms. The maximum atomic E-state index is 13.5. The normalized spacial score (nSPS) is 18.0. The Morgan fingerprint density at radius 1 is 1.23 bits per heavy atom. The Labute approximate surface area is 176 Å². The van der Waals surface area contributed by atoms with Gasteiger partial charge >= 0.3 is 5.69 Å². The summed E-state index contributed by atoms with van der Waals surface area (Å²) in [5.74, 6) is -2.91. The number of rotatable bonds is 3. The minimum atomic E-state index is -4.34. The highest BCUT2D eigenvalue weighted by atomic mass is 35.5. The van der Waals surface area contributed by atoms with Crippen molar-refractivity contribution < 1.29 is 22.4 Å². The first kappa shape index (κ1) is 19.7. The topological polar surface area (TPSA) is 127 Å². The number of aromatic nitrogens is 4. The van der Waals surface area contributed by atoms with Gasteiger partial charge in [0.1, 0.15) is 6.04 Å². The van der Waals surface area contributed by atoms with Crippen LogP contribution in [0.3, 0.4) is 0 Å². The van der Waals surface area contributed by atoms with Crippen LogP contribution in [0.2, 0.25) is 5.02 Å². The van der Waals surface area contributed by atoms with Crippen molar-refractivity contribution in [1.82, 2.24) is 19.5 Å². The van der Waals surface area contributed by atoms with Crippen molar-refractivity contribution in [2.24, 2.45) is 0 Å². The van der Waals surface area contributed by atoms with E-state index in [9.17, 15) is 32.0 Å². The van der Waals surface area contributed by atoms with E-state index in [1.54, 1.807) is 0 Å². The van der Waals surface area contributed by atoms with Crippen LogP contribution in [0.15, 0.2) is 55.9 Å². The maximum Gasteiger partial charge on any atom is 0.362 e. The van der Waals surface area contributed by atoms with Crippen molar-refractivity contribution in [3.8, 4) is 0 Å². The SMILES string of the molecule is O=c1[nH]c2c(S(=O)(=O)c3ccc4cnn([C@@H]5CC5(F)F)c4c3)ccc(Cl)c2c(=O)n1O. The lowest BCUT2D eigenvalue weighted by atomic mass is 10.2. The molecule has 0 aliphatic heterocycles. The molecular formula is C18H11ClF2N4O5S. The van der Waals surface area contributed by atoms with Gasteiger partial charge in [-0.2, -0.15) is 5.10 Å². The van der Waals surface area contributed by atoms with Gasteiger partial charge in [0.05, 0.1) is 37.4 Å². The lowest BCUT2D eigenvalue weighted by Gasteiger charge is -2.10. The number of hydrogen-bond donors (Lipinski definition) is 2. The quantitative estimate of drug-likeness (QED) is 0.444. The molecule has 0 radical (unpaired) electrons. The highest BCUT2D eigenvalue weighted by molar-refractivity contribution is 7.91. The molecule has 1 saturated carbocycles. The third-order valence-electron chi connectivity index (χ3n) is 5.20. The number of hydrogen-bond acceptors (Lipinski definition) is 6. The van der Waals surface area contributed by atoms with Crippen LogP contribution in [0.25, 0.3) is 21.8 Å². The highest BCUT2D eigenvalue weighted by Crippen LogP contribution is 2.53. The molecule has 0 bridgehead atoms. The van der Waals surface area contributed by atoms with Crippen molar-refractivity contribution in [3.63, 3.8) is 0 Å². The first-order chi connectivity index (χ1) is 14.5. The molecule has 2 aromatic carbocycles. The maximum absolute atomic E-state index is 13.5. The summed E-state index contributed by atoms with van der Waals surface area (Å²) in [6, 6.07) is 4.99. The molecule has 4 aromatic rings. The van der Waals surface area contributed by atoms with Gasteiger partial charge in [-0.3, -0.25) is 9.48 Å². The van der Waals surface area contributed by atoms with Gasteiger partial charge < -0.3 is 10.2 Å². The summed E-state index contributed by atoms with van der Waals surface area (Å²) in [6.07, 6.45) is 0.969. The van der Waals surface area contributed by atoms with E-state index in [-0.39, 0.29) is 25.7 Å². The zero-order valence-electron chi connectivity index (χ0n) is 15.2. The summed E-state index contributed by atoms with van der Waals surface area (Å²) in [6.45, 7) is 0. The monoisotopic (exact) mass is 468 g/mol. The molecule has 1 fully saturated rings. The average Bonchev–Trinajstić information content (AvgIpc) is 3.15. The molecule has 2 heterocycles. The van der Waals surface area contributed by atoms with Gasteiger partial charge in [-0.1, -0.05) is 16.3 Å². The zero-order valence-corrected chi connectivity index (χ0v) is 16.8. The molecule has 0 saturated heterocycles. The van der Waals surface area contributed by atoms with Gasteiger partial charge in [-0.15, -0.1) is 0 Å². The number of fused-ring (bicyclic) bond motifs is 2. The molecule has 160 valence electrons. The predicted octanol–water partition coefficient (Wildman–Crippen LogP) is 2.34. The minimum absolute atomic E-state index is 0.178. The first-order valence-electron chi connectivity index (χ1n) is 8.79. The Balaban J connectivity index is 1.75. The molecule has 0 amide bonds. The second-order valence-corrected chi connectivity index (χ2v) is 9.46. The standard InChI is InChI=1S/C18H11ClF2N4O5S/c19-10-3-4-12(15-14(10)16(26)25(28)17(27)23-15)31(29,30)9-2-1-8-7-22-24(11(8)5-9)13-6-18(13,20)21/h1-5,7,13,28H,6H2,(H,23,27)/t13-/m1/s1. The van der Waals surface area contributed by atoms with Crippen LogP contribution in [0.1, 0.15) is 12.5 Å². The van der Waals surface area contributed by atoms with Gasteiger partial charge in [0, 0.05) is 11.8 Å². The fourth-order valence-electron chi connectivity index (χ4n) is 3.50. The van der Waals surface area contributed by atoms with Crippen molar-refractivity contribution in [2.45, 2.75) is 28.2 Å². The second kappa shape index (κ2) is 6.14. The number of benzene rings is 2. The van der Waals surface area contributed by atoms with Gasteiger partial charge in [-0.25, -0.2) is 22.0 Å².